The second kappa shape index (κ2) is 5.08. The molecule has 2 atom stereocenters. The van der Waals surface area contributed by atoms with Crippen molar-refractivity contribution >= 4 is 11.8 Å². The van der Waals surface area contributed by atoms with Gasteiger partial charge in [-0.15, -0.1) is 0 Å². The van der Waals surface area contributed by atoms with Gasteiger partial charge in [-0.05, 0) is 45.9 Å². The minimum Gasteiger partial charge on any atom is -0.394 e. The standard InChI is InChI=1S/C13H25NO2S/c1-12(2,9-15)14(3)11-4-6-16-13(8-11)5-7-17-10-13/h11,15H,4-10H2,1-3H3. The van der Waals surface area contributed by atoms with Crippen LogP contribution in [0.15, 0.2) is 0 Å². The molecule has 3 nitrogen and oxygen atoms in total. The highest BCUT2D eigenvalue weighted by Gasteiger charge is 2.43. The van der Waals surface area contributed by atoms with Crippen LogP contribution < -0.4 is 0 Å². The summed E-state index contributed by atoms with van der Waals surface area (Å²) in [5, 5.41) is 9.47. The van der Waals surface area contributed by atoms with E-state index in [0.29, 0.717) is 6.04 Å². The molecule has 17 heavy (non-hydrogen) atoms. The van der Waals surface area contributed by atoms with E-state index in [9.17, 15) is 5.11 Å². The van der Waals surface area contributed by atoms with Gasteiger partial charge in [-0.25, -0.2) is 0 Å². The van der Waals surface area contributed by atoms with Gasteiger partial charge in [0, 0.05) is 23.9 Å². The highest BCUT2D eigenvalue weighted by molar-refractivity contribution is 7.99. The molecule has 2 fully saturated rings. The monoisotopic (exact) mass is 259 g/mol. The fraction of sp³-hybridized carbons (Fsp3) is 1.00. The van der Waals surface area contributed by atoms with Crippen molar-refractivity contribution in [2.24, 2.45) is 0 Å². The first kappa shape index (κ1) is 13.7. The van der Waals surface area contributed by atoms with E-state index in [1.54, 1.807) is 0 Å². The highest BCUT2D eigenvalue weighted by atomic mass is 32.2. The smallest absolute Gasteiger partial charge is 0.0795 e. The maximum Gasteiger partial charge on any atom is 0.0795 e. The Morgan fingerprint density at radius 2 is 2.29 bits per heavy atom. The Labute approximate surface area is 109 Å². The molecule has 0 saturated carbocycles. The molecule has 2 unspecified atom stereocenters. The van der Waals surface area contributed by atoms with Gasteiger partial charge in [-0.3, -0.25) is 4.90 Å². The molecule has 0 aromatic rings. The van der Waals surface area contributed by atoms with Gasteiger partial charge in [0.1, 0.15) is 0 Å². The van der Waals surface area contributed by atoms with E-state index in [1.165, 1.54) is 12.2 Å². The highest BCUT2D eigenvalue weighted by Crippen LogP contribution is 2.40. The summed E-state index contributed by atoms with van der Waals surface area (Å²) in [5.41, 5.74) is 0.00230. The molecule has 0 aromatic heterocycles. The SMILES string of the molecule is CN(C1CCOC2(CCSC2)C1)C(C)(C)CO. The van der Waals surface area contributed by atoms with Crippen molar-refractivity contribution < 1.29 is 9.84 Å². The predicted octanol–water partition coefficient (Wildman–Crippen LogP) is 1.74. The van der Waals surface area contributed by atoms with Gasteiger partial charge < -0.3 is 9.84 Å². The van der Waals surface area contributed by atoms with E-state index in [2.05, 4.69) is 25.8 Å². The van der Waals surface area contributed by atoms with E-state index in [4.69, 9.17) is 4.74 Å². The van der Waals surface area contributed by atoms with Crippen molar-refractivity contribution in [1.82, 2.24) is 4.90 Å². The number of hydrogen-bond donors (Lipinski definition) is 1. The summed E-state index contributed by atoms with van der Waals surface area (Å²) in [4.78, 5) is 2.35. The second-order valence-corrected chi connectivity index (χ2v) is 7.17. The minimum atomic E-state index is -0.130. The van der Waals surface area contributed by atoms with Crippen molar-refractivity contribution in [1.29, 1.82) is 0 Å². The lowest BCUT2D eigenvalue weighted by Crippen LogP contribution is -2.55. The maximum absolute atomic E-state index is 9.47. The van der Waals surface area contributed by atoms with Gasteiger partial charge in [-0.2, -0.15) is 11.8 Å². The fourth-order valence-electron chi connectivity index (χ4n) is 2.80. The Morgan fingerprint density at radius 1 is 1.53 bits per heavy atom. The van der Waals surface area contributed by atoms with Crippen molar-refractivity contribution in [2.45, 2.75) is 50.3 Å². The van der Waals surface area contributed by atoms with Crippen LogP contribution in [0.1, 0.15) is 33.1 Å². The molecule has 1 spiro atoms. The van der Waals surface area contributed by atoms with Crippen molar-refractivity contribution in [2.75, 3.05) is 31.8 Å². The van der Waals surface area contributed by atoms with Gasteiger partial charge >= 0.3 is 0 Å². The Bertz CT molecular complexity index is 264. The number of ether oxygens (including phenoxy) is 1. The molecular formula is C13H25NO2S. The van der Waals surface area contributed by atoms with E-state index in [-0.39, 0.29) is 17.7 Å². The van der Waals surface area contributed by atoms with Crippen molar-refractivity contribution in [3.8, 4) is 0 Å². The van der Waals surface area contributed by atoms with E-state index in [1.807, 2.05) is 11.8 Å². The first-order valence-corrected chi connectivity index (χ1v) is 7.70. The molecule has 2 aliphatic rings. The number of hydrogen-bond acceptors (Lipinski definition) is 4. The molecule has 0 radical (unpaired) electrons. The second-order valence-electron chi connectivity index (χ2n) is 6.06. The molecule has 4 heteroatoms. The third-order valence-electron chi connectivity index (χ3n) is 4.42. The maximum atomic E-state index is 9.47. The van der Waals surface area contributed by atoms with Crippen LogP contribution in [0, 0.1) is 0 Å². The molecule has 0 aliphatic carbocycles. The quantitative estimate of drug-likeness (QED) is 0.837. The van der Waals surface area contributed by atoms with Crippen LogP contribution in [0.3, 0.4) is 0 Å². The minimum absolute atomic E-state index is 0.130. The summed E-state index contributed by atoms with van der Waals surface area (Å²) in [7, 11) is 2.14. The first-order valence-electron chi connectivity index (χ1n) is 6.55. The van der Waals surface area contributed by atoms with Crippen LogP contribution in [0.4, 0.5) is 0 Å². The van der Waals surface area contributed by atoms with Crippen molar-refractivity contribution in [3.05, 3.63) is 0 Å². The molecular weight excluding hydrogens is 234 g/mol. The topological polar surface area (TPSA) is 32.7 Å². The lowest BCUT2D eigenvalue weighted by atomic mass is 9.87. The summed E-state index contributed by atoms with van der Waals surface area (Å²) in [6.45, 7) is 5.30. The molecule has 2 rings (SSSR count). The summed E-state index contributed by atoms with van der Waals surface area (Å²) >= 11 is 2.01. The lowest BCUT2D eigenvalue weighted by molar-refractivity contribution is -0.102. The average molecular weight is 259 g/mol. The van der Waals surface area contributed by atoms with Crippen LogP contribution in [-0.4, -0.2) is 59.0 Å². The molecule has 1 N–H and O–H groups in total. The van der Waals surface area contributed by atoms with E-state index in [0.717, 1.165) is 25.2 Å². The number of nitrogens with zero attached hydrogens (tertiary/aromatic N) is 1. The van der Waals surface area contributed by atoms with Crippen LogP contribution >= 0.6 is 11.8 Å². The molecule has 0 aromatic carbocycles. The largest absolute Gasteiger partial charge is 0.394 e. The molecule has 2 heterocycles. The Kier molecular flexibility index (Phi) is 4.08. The number of aliphatic hydroxyl groups excluding tert-OH is 1. The Hall–Kier alpha value is 0.230. The van der Waals surface area contributed by atoms with Gasteiger partial charge in [0.15, 0.2) is 0 Å². The molecule has 0 amide bonds. The number of rotatable bonds is 3. The van der Waals surface area contributed by atoms with Gasteiger partial charge in [-0.1, -0.05) is 0 Å². The summed E-state index contributed by atoms with van der Waals surface area (Å²) in [6, 6.07) is 0.546. The number of likely N-dealkylation sites (N-methyl/N-ethyl adjacent to an activating group) is 1. The normalized spacial score (nSPS) is 34.8. The fourth-order valence-corrected chi connectivity index (χ4v) is 4.18. The van der Waals surface area contributed by atoms with E-state index >= 15 is 0 Å². The van der Waals surface area contributed by atoms with E-state index < -0.39 is 0 Å². The van der Waals surface area contributed by atoms with Gasteiger partial charge in [0.2, 0.25) is 0 Å². The Morgan fingerprint density at radius 3 is 2.88 bits per heavy atom. The van der Waals surface area contributed by atoms with Crippen LogP contribution in [0.2, 0.25) is 0 Å². The zero-order chi connectivity index (χ0) is 12.5. The zero-order valence-electron chi connectivity index (χ0n) is 11.2. The summed E-state index contributed by atoms with van der Waals surface area (Å²) < 4.78 is 6.04. The molecule has 0 bridgehead atoms. The molecule has 100 valence electrons. The van der Waals surface area contributed by atoms with Crippen LogP contribution in [-0.2, 0) is 4.74 Å². The third kappa shape index (κ3) is 2.80. The van der Waals surface area contributed by atoms with Crippen LogP contribution in [0.5, 0.6) is 0 Å². The number of aliphatic hydroxyl groups is 1. The van der Waals surface area contributed by atoms with Gasteiger partial charge in [0.05, 0.1) is 12.2 Å². The molecule has 2 aliphatic heterocycles. The van der Waals surface area contributed by atoms with Crippen molar-refractivity contribution in [3.63, 3.8) is 0 Å². The Balaban J connectivity index is 2.02. The average Bonchev–Trinajstić information content (AvgIpc) is 2.76. The third-order valence-corrected chi connectivity index (χ3v) is 5.65. The molecule has 2 saturated heterocycles. The predicted molar refractivity (Wildman–Crippen MR) is 72.6 cm³/mol. The number of thioether (sulfide) groups is 1. The lowest BCUT2D eigenvalue weighted by Gasteiger charge is -2.46. The summed E-state index contributed by atoms with van der Waals surface area (Å²) in [6.07, 6.45) is 3.41. The zero-order valence-corrected chi connectivity index (χ0v) is 12.1. The summed E-state index contributed by atoms with van der Waals surface area (Å²) in [5.74, 6) is 2.39. The van der Waals surface area contributed by atoms with Gasteiger partial charge in [0.25, 0.3) is 0 Å². The first-order chi connectivity index (χ1) is 7.99. The van der Waals surface area contributed by atoms with Crippen LogP contribution in [0.25, 0.3) is 0 Å².